The molecule has 1 aliphatic rings. The average Bonchev–Trinajstić information content (AvgIpc) is 2.89. The summed E-state index contributed by atoms with van der Waals surface area (Å²) < 4.78 is 6.45. The minimum Gasteiger partial charge on any atom is -0.444 e. The van der Waals surface area contributed by atoms with Gasteiger partial charge in [-0.25, -0.2) is 14.8 Å². The van der Waals surface area contributed by atoms with Crippen LogP contribution in [0.25, 0.3) is 11.2 Å². The molecule has 1 saturated heterocycles. The lowest BCUT2D eigenvalue weighted by Crippen LogP contribution is -2.42. The quantitative estimate of drug-likeness (QED) is 0.788. The predicted molar refractivity (Wildman–Crippen MR) is 96.1 cm³/mol. The maximum absolute atomic E-state index is 12.3. The van der Waals surface area contributed by atoms with Gasteiger partial charge in [0.25, 0.3) is 0 Å². The second-order valence-electron chi connectivity index (χ2n) is 7.31. The van der Waals surface area contributed by atoms with Crippen molar-refractivity contribution >= 4 is 33.2 Å². The summed E-state index contributed by atoms with van der Waals surface area (Å²) in [5.74, 6) is 1.07. The van der Waals surface area contributed by atoms with E-state index in [0.29, 0.717) is 6.54 Å². The Bertz CT molecular complexity index is 727. The third-order valence-electron chi connectivity index (χ3n) is 4.08. The molecule has 1 fully saturated rings. The van der Waals surface area contributed by atoms with Gasteiger partial charge in [0.05, 0.1) is 11.2 Å². The van der Waals surface area contributed by atoms with Crippen LogP contribution in [0, 0.1) is 6.92 Å². The first-order chi connectivity index (χ1) is 11.2. The third-order valence-corrected chi connectivity index (χ3v) is 4.88. The number of piperidine rings is 1. The van der Waals surface area contributed by atoms with Gasteiger partial charge in [-0.05, 0) is 62.5 Å². The molecule has 1 amide bonds. The fourth-order valence-electron chi connectivity index (χ4n) is 2.91. The number of aromatic nitrogens is 3. The van der Waals surface area contributed by atoms with E-state index < -0.39 is 5.60 Å². The first-order valence-corrected chi connectivity index (χ1v) is 9.03. The Balaban J connectivity index is 1.78. The van der Waals surface area contributed by atoms with E-state index in [9.17, 15) is 4.79 Å². The number of H-pyrrole nitrogens is 1. The van der Waals surface area contributed by atoms with Crippen LogP contribution in [0.1, 0.15) is 51.0 Å². The number of nitrogens with one attached hydrogen (secondary N) is 1. The molecule has 6 nitrogen and oxygen atoms in total. The van der Waals surface area contributed by atoms with Crippen LogP contribution in [0.2, 0.25) is 0 Å². The second kappa shape index (κ2) is 6.35. The fraction of sp³-hybridized carbons (Fsp3) is 0.588. The van der Waals surface area contributed by atoms with Crippen molar-refractivity contribution in [3.05, 3.63) is 22.1 Å². The molecular weight excluding hydrogens is 372 g/mol. The molecule has 1 atom stereocenters. The number of hydrogen-bond acceptors (Lipinski definition) is 4. The largest absolute Gasteiger partial charge is 0.444 e. The van der Waals surface area contributed by atoms with Gasteiger partial charge in [0.2, 0.25) is 0 Å². The first-order valence-electron chi connectivity index (χ1n) is 8.23. The molecule has 0 bridgehead atoms. The highest BCUT2D eigenvalue weighted by atomic mass is 79.9. The Labute approximate surface area is 150 Å². The summed E-state index contributed by atoms with van der Waals surface area (Å²) in [6.07, 6.45) is 1.69. The van der Waals surface area contributed by atoms with Crippen molar-refractivity contribution in [1.82, 2.24) is 19.9 Å². The molecule has 7 heteroatoms. The zero-order valence-corrected chi connectivity index (χ0v) is 16.1. The summed E-state index contributed by atoms with van der Waals surface area (Å²) in [6.45, 7) is 8.96. The van der Waals surface area contributed by atoms with Gasteiger partial charge in [-0.2, -0.15) is 0 Å². The van der Waals surface area contributed by atoms with Crippen LogP contribution in [-0.4, -0.2) is 44.6 Å². The summed E-state index contributed by atoms with van der Waals surface area (Å²) in [5, 5.41) is 0. The summed E-state index contributed by atoms with van der Waals surface area (Å²) in [7, 11) is 0. The maximum atomic E-state index is 12.3. The fourth-order valence-corrected chi connectivity index (χ4v) is 3.23. The van der Waals surface area contributed by atoms with E-state index in [1.54, 1.807) is 4.90 Å². The van der Waals surface area contributed by atoms with Gasteiger partial charge < -0.3 is 14.6 Å². The summed E-state index contributed by atoms with van der Waals surface area (Å²) in [6, 6.07) is 2.00. The molecule has 0 aromatic carbocycles. The van der Waals surface area contributed by atoms with Crippen LogP contribution in [-0.2, 0) is 4.74 Å². The van der Waals surface area contributed by atoms with Crippen molar-refractivity contribution < 1.29 is 9.53 Å². The molecule has 130 valence electrons. The molecule has 1 aliphatic heterocycles. The normalized spacial score (nSPS) is 18.9. The number of nitrogens with zero attached hydrogens (tertiary/aromatic N) is 3. The molecule has 0 spiro atoms. The van der Waals surface area contributed by atoms with Gasteiger partial charge in [-0.3, -0.25) is 0 Å². The maximum Gasteiger partial charge on any atom is 0.410 e. The van der Waals surface area contributed by atoms with E-state index in [1.807, 2.05) is 33.8 Å². The number of ether oxygens (including phenoxy) is 1. The number of carbonyl (C=O) groups excluding carboxylic acids is 1. The van der Waals surface area contributed by atoms with Crippen LogP contribution in [0.15, 0.2) is 10.5 Å². The highest BCUT2D eigenvalue weighted by Crippen LogP contribution is 2.28. The van der Waals surface area contributed by atoms with Crippen LogP contribution < -0.4 is 0 Å². The number of aryl methyl sites for hydroxylation is 1. The van der Waals surface area contributed by atoms with Gasteiger partial charge in [-0.15, -0.1) is 0 Å². The van der Waals surface area contributed by atoms with Crippen molar-refractivity contribution in [3.63, 3.8) is 0 Å². The lowest BCUT2D eigenvalue weighted by molar-refractivity contribution is 0.0196. The third kappa shape index (κ3) is 3.71. The van der Waals surface area contributed by atoms with Gasteiger partial charge in [0.15, 0.2) is 5.65 Å². The van der Waals surface area contributed by atoms with Gasteiger partial charge in [0, 0.05) is 23.5 Å². The smallest absolute Gasteiger partial charge is 0.410 e. The van der Waals surface area contributed by atoms with Crippen molar-refractivity contribution in [3.8, 4) is 0 Å². The van der Waals surface area contributed by atoms with Crippen LogP contribution in [0.4, 0.5) is 4.79 Å². The van der Waals surface area contributed by atoms with Gasteiger partial charge >= 0.3 is 6.09 Å². The zero-order valence-electron chi connectivity index (χ0n) is 14.5. The second-order valence-corrected chi connectivity index (χ2v) is 8.17. The van der Waals surface area contributed by atoms with Crippen molar-refractivity contribution in [2.24, 2.45) is 0 Å². The molecule has 0 radical (unpaired) electrons. The Kier molecular flexibility index (Phi) is 4.55. The summed E-state index contributed by atoms with van der Waals surface area (Å²) in [5.41, 5.74) is 2.08. The molecule has 24 heavy (non-hydrogen) atoms. The molecule has 2 aromatic heterocycles. The monoisotopic (exact) mass is 394 g/mol. The van der Waals surface area contributed by atoms with E-state index in [0.717, 1.165) is 46.5 Å². The Hall–Kier alpha value is -1.63. The number of aromatic amines is 1. The molecule has 3 rings (SSSR count). The molecule has 1 N–H and O–H groups in total. The van der Waals surface area contributed by atoms with Crippen molar-refractivity contribution in [1.29, 1.82) is 0 Å². The van der Waals surface area contributed by atoms with E-state index in [-0.39, 0.29) is 12.0 Å². The first kappa shape index (κ1) is 17.2. The van der Waals surface area contributed by atoms with Crippen LogP contribution >= 0.6 is 15.9 Å². The highest BCUT2D eigenvalue weighted by molar-refractivity contribution is 9.10. The Morgan fingerprint density at radius 2 is 2.17 bits per heavy atom. The molecule has 2 aromatic rings. The lowest BCUT2D eigenvalue weighted by Gasteiger charge is -2.33. The number of amides is 1. The van der Waals surface area contributed by atoms with E-state index >= 15 is 0 Å². The number of fused-ring (bicyclic) bond motifs is 1. The Morgan fingerprint density at radius 1 is 1.42 bits per heavy atom. The Morgan fingerprint density at radius 3 is 2.88 bits per heavy atom. The number of rotatable bonds is 1. The number of carbonyl (C=O) groups is 1. The van der Waals surface area contributed by atoms with Crippen LogP contribution in [0.3, 0.4) is 0 Å². The van der Waals surface area contributed by atoms with Gasteiger partial charge in [0.1, 0.15) is 11.4 Å². The standard InChI is InChI=1S/C17H23BrN4O2/c1-10-12(18)8-13-15(19-10)21-14(20-13)11-6-5-7-22(9-11)16(23)24-17(2,3)4/h8,11H,5-7,9H2,1-4H3,(H,19,20,21). The highest BCUT2D eigenvalue weighted by Gasteiger charge is 2.29. The minimum absolute atomic E-state index is 0.180. The van der Waals surface area contributed by atoms with Crippen LogP contribution in [0.5, 0.6) is 0 Å². The molecule has 3 heterocycles. The van der Waals surface area contributed by atoms with E-state index in [2.05, 4.69) is 30.9 Å². The number of imidazole rings is 1. The number of likely N-dealkylation sites (tertiary alicyclic amines) is 1. The number of halogens is 1. The zero-order chi connectivity index (χ0) is 17.5. The minimum atomic E-state index is -0.475. The average molecular weight is 395 g/mol. The van der Waals surface area contributed by atoms with Crippen molar-refractivity contribution in [2.75, 3.05) is 13.1 Å². The number of pyridine rings is 1. The molecule has 0 saturated carbocycles. The molecular formula is C17H23BrN4O2. The van der Waals surface area contributed by atoms with Crippen molar-refractivity contribution in [2.45, 2.75) is 52.1 Å². The predicted octanol–water partition coefficient (Wildman–Crippen LogP) is 4.14. The summed E-state index contributed by atoms with van der Waals surface area (Å²) >= 11 is 3.50. The van der Waals surface area contributed by atoms with E-state index in [1.165, 1.54) is 0 Å². The number of hydrogen-bond donors (Lipinski definition) is 1. The lowest BCUT2D eigenvalue weighted by atomic mass is 9.98. The van der Waals surface area contributed by atoms with Gasteiger partial charge in [-0.1, -0.05) is 0 Å². The molecule has 0 aliphatic carbocycles. The topological polar surface area (TPSA) is 71.1 Å². The molecule has 1 unspecified atom stereocenters. The SMILES string of the molecule is Cc1nc2nc(C3CCCN(C(=O)OC(C)(C)C)C3)[nH]c2cc1Br. The van der Waals surface area contributed by atoms with E-state index in [4.69, 9.17) is 4.74 Å². The summed E-state index contributed by atoms with van der Waals surface area (Å²) in [4.78, 5) is 26.6.